The van der Waals surface area contributed by atoms with Crippen LogP contribution in [0.5, 0.6) is 5.75 Å². The molecule has 0 spiro atoms. The molecule has 0 fully saturated rings. The molecule has 0 unspecified atom stereocenters. The van der Waals surface area contributed by atoms with Crippen LogP contribution < -0.4 is 10.3 Å². The van der Waals surface area contributed by atoms with Crippen LogP contribution in [0.4, 0.5) is 17.2 Å². The Bertz CT molecular complexity index is 1450. The Balaban J connectivity index is 1.50. The van der Waals surface area contributed by atoms with Crippen molar-refractivity contribution in [3.05, 3.63) is 102 Å². The fourth-order valence-corrected chi connectivity index (χ4v) is 3.82. The van der Waals surface area contributed by atoms with Crippen molar-refractivity contribution in [2.45, 2.75) is 0 Å². The molecule has 4 aromatic rings. The minimum absolute atomic E-state index is 0.110. The van der Waals surface area contributed by atoms with Crippen molar-refractivity contribution in [2.75, 3.05) is 10.3 Å². The molecule has 0 saturated carbocycles. The van der Waals surface area contributed by atoms with E-state index in [1.807, 2.05) is 18.2 Å². The number of fused-ring (bicyclic) bond motifs is 1. The van der Waals surface area contributed by atoms with Gasteiger partial charge in [-0.1, -0.05) is 48.5 Å². The van der Waals surface area contributed by atoms with Crippen LogP contribution in [-0.4, -0.2) is 32.8 Å². The zero-order chi connectivity index (χ0) is 23.7. The number of phenols is 1. The summed E-state index contributed by atoms with van der Waals surface area (Å²) in [4.78, 5) is 30.3. The van der Waals surface area contributed by atoms with Gasteiger partial charge in [-0.2, -0.15) is 5.10 Å². The lowest BCUT2D eigenvalue weighted by Gasteiger charge is -2.15. The number of aromatic nitrogens is 1. The van der Waals surface area contributed by atoms with E-state index in [0.717, 1.165) is 0 Å². The average Bonchev–Trinajstić information content (AvgIpc) is 3.15. The molecule has 8 heteroatoms. The topological polar surface area (TPSA) is 115 Å². The Labute approximate surface area is 194 Å². The molecule has 0 saturated heterocycles. The van der Waals surface area contributed by atoms with Crippen LogP contribution in [0.15, 0.2) is 96.2 Å². The third kappa shape index (κ3) is 3.63. The highest BCUT2D eigenvalue weighted by Crippen LogP contribution is 2.37. The van der Waals surface area contributed by atoms with Gasteiger partial charge < -0.3 is 10.2 Å². The van der Waals surface area contributed by atoms with Gasteiger partial charge in [-0.15, -0.1) is 0 Å². The zero-order valence-electron chi connectivity index (χ0n) is 17.7. The van der Waals surface area contributed by atoms with E-state index in [1.165, 1.54) is 17.0 Å². The number of rotatable bonds is 5. The highest BCUT2D eigenvalue weighted by Gasteiger charge is 2.35. The Hall–Kier alpha value is -4.98. The summed E-state index contributed by atoms with van der Waals surface area (Å²) in [6.07, 6.45) is 1.61. The van der Waals surface area contributed by atoms with Gasteiger partial charge in [0.15, 0.2) is 5.71 Å². The normalized spacial score (nSPS) is 13.7. The number of carbonyl (C=O) groups is 2. The standard InChI is InChI=1S/C26H18N4O4/c31-24-18(16-7-5-8-17(15-16)26(33)34)10-6-11-20(24)28-29-23-19-9-1-2-12-21(19)30(25(23)32)22-13-3-4-14-27-22/h1-15,28,31H,(H,33,34)/b29-23-. The second kappa shape index (κ2) is 8.51. The van der Waals surface area contributed by atoms with Gasteiger partial charge in [-0.25, -0.2) is 9.78 Å². The van der Waals surface area contributed by atoms with Crippen LogP contribution in [0.2, 0.25) is 0 Å². The predicted molar refractivity (Wildman–Crippen MR) is 128 cm³/mol. The Kier molecular flexibility index (Phi) is 5.23. The number of hydrogen-bond acceptors (Lipinski definition) is 6. The fraction of sp³-hybridized carbons (Fsp3) is 0. The molecule has 0 radical (unpaired) electrons. The first-order valence-corrected chi connectivity index (χ1v) is 10.4. The highest BCUT2D eigenvalue weighted by molar-refractivity contribution is 6.55. The average molecular weight is 450 g/mol. The number of hydrogen-bond donors (Lipinski definition) is 3. The number of aromatic carboxylic acids is 1. The SMILES string of the molecule is O=C(O)c1cccc(-c2cccc(N/N=C3\C(=O)N(c4ccccn4)c4ccccc43)c2O)c1. The van der Waals surface area contributed by atoms with Crippen LogP contribution in [0, 0.1) is 0 Å². The second-order valence-corrected chi connectivity index (χ2v) is 7.51. The summed E-state index contributed by atoms with van der Waals surface area (Å²) >= 11 is 0. The molecule has 8 nitrogen and oxygen atoms in total. The second-order valence-electron chi connectivity index (χ2n) is 7.51. The summed E-state index contributed by atoms with van der Waals surface area (Å²) in [6, 6.07) is 23.8. The monoisotopic (exact) mass is 450 g/mol. The molecule has 0 atom stereocenters. The number of amides is 1. The van der Waals surface area contributed by atoms with E-state index in [-0.39, 0.29) is 28.6 Å². The van der Waals surface area contributed by atoms with Gasteiger partial charge in [0.2, 0.25) is 0 Å². The van der Waals surface area contributed by atoms with Crippen LogP contribution in [0.1, 0.15) is 15.9 Å². The van der Waals surface area contributed by atoms with E-state index in [1.54, 1.807) is 60.8 Å². The maximum absolute atomic E-state index is 13.3. The molecular formula is C26H18N4O4. The predicted octanol–water partition coefficient (Wildman–Crippen LogP) is 4.65. The largest absolute Gasteiger partial charge is 0.505 e. The first-order valence-electron chi connectivity index (χ1n) is 10.4. The molecule has 3 aromatic carbocycles. The summed E-state index contributed by atoms with van der Waals surface area (Å²) in [7, 11) is 0. The Morgan fingerprint density at radius 2 is 1.68 bits per heavy atom. The molecular weight excluding hydrogens is 432 g/mol. The third-order valence-corrected chi connectivity index (χ3v) is 5.43. The van der Waals surface area contributed by atoms with E-state index in [9.17, 15) is 19.8 Å². The number of carbonyl (C=O) groups excluding carboxylic acids is 1. The molecule has 1 aliphatic rings. The minimum atomic E-state index is -1.06. The summed E-state index contributed by atoms with van der Waals surface area (Å²) in [5, 5.41) is 24.4. The van der Waals surface area contributed by atoms with Gasteiger partial charge in [0.25, 0.3) is 5.91 Å². The van der Waals surface area contributed by atoms with Gasteiger partial charge >= 0.3 is 5.97 Å². The lowest BCUT2D eigenvalue weighted by molar-refractivity contribution is -0.111. The fourth-order valence-electron chi connectivity index (χ4n) is 3.82. The van der Waals surface area contributed by atoms with E-state index in [4.69, 9.17) is 0 Å². The molecule has 0 bridgehead atoms. The summed E-state index contributed by atoms with van der Waals surface area (Å²) in [5.41, 5.74) is 5.63. The highest BCUT2D eigenvalue weighted by atomic mass is 16.4. The molecule has 1 aliphatic heterocycles. The number of para-hydroxylation sites is 2. The van der Waals surface area contributed by atoms with Crippen LogP contribution in [0.25, 0.3) is 11.1 Å². The van der Waals surface area contributed by atoms with Crippen molar-refractivity contribution in [3.8, 4) is 16.9 Å². The summed E-state index contributed by atoms with van der Waals surface area (Å²) in [5.74, 6) is -1.04. The number of anilines is 3. The van der Waals surface area contributed by atoms with Crippen molar-refractivity contribution in [1.29, 1.82) is 0 Å². The number of phenolic OH excluding ortho intramolecular Hbond substituents is 1. The number of benzene rings is 3. The number of nitrogens with one attached hydrogen (secondary N) is 1. The van der Waals surface area contributed by atoms with E-state index < -0.39 is 5.97 Å². The Morgan fingerprint density at radius 3 is 2.47 bits per heavy atom. The number of aromatic hydroxyl groups is 1. The van der Waals surface area contributed by atoms with Crippen molar-refractivity contribution in [3.63, 3.8) is 0 Å². The van der Waals surface area contributed by atoms with E-state index in [2.05, 4.69) is 15.5 Å². The third-order valence-electron chi connectivity index (χ3n) is 5.43. The first-order chi connectivity index (χ1) is 16.5. The van der Waals surface area contributed by atoms with Crippen LogP contribution in [0.3, 0.4) is 0 Å². The Morgan fingerprint density at radius 1 is 0.912 bits per heavy atom. The summed E-state index contributed by atoms with van der Waals surface area (Å²) < 4.78 is 0. The van der Waals surface area contributed by atoms with Crippen molar-refractivity contribution in [2.24, 2.45) is 5.10 Å². The molecule has 3 N–H and O–H groups in total. The molecule has 1 aromatic heterocycles. The molecule has 0 aliphatic carbocycles. The van der Waals surface area contributed by atoms with E-state index >= 15 is 0 Å². The van der Waals surface area contributed by atoms with E-state index in [0.29, 0.717) is 28.2 Å². The van der Waals surface area contributed by atoms with Crippen LogP contribution in [-0.2, 0) is 4.79 Å². The molecule has 2 heterocycles. The first kappa shape index (κ1) is 20.9. The molecule has 1 amide bonds. The lowest BCUT2D eigenvalue weighted by atomic mass is 10.0. The number of carboxylic acid groups (broad SMARTS) is 1. The van der Waals surface area contributed by atoms with Gasteiger partial charge in [0.05, 0.1) is 16.9 Å². The van der Waals surface area contributed by atoms with Crippen molar-refractivity contribution < 1.29 is 19.8 Å². The van der Waals surface area contributed by atoms with Gasteiger partial charge in [0, 0.05) is 17.3 Å². The smallest absolute Gasteiger partial charge is 0.335 e. The lowest BCUT2D eigenvalue weighted by Crippen LogP contribution is -2.26. The van der Waals surface area contributed by atoms with Gasteiger partial charge in [-0.05, 0) is 42.0 Å². The van der Waals surface area contributed by atoms with Gasteiger partial charge in [-0.3, -0.25) is 15.1 Å². The number of hydrazone groups is 1. The molecule has 166 valence electrons. The van der Waals surface area contributed by atoms with Gasteiger partial charge in [0.1, 0.15) is 11.6 Å². The summed E-state index contributed by atoms with van der Waals surface area (Å²) in [6.45, 7) is 0. The zero-order valence-corrected chi connectivity index (χ0v) is 17.7. The van der Waals surface area contributed by atoms with Crippen molar-refractivity contribution in [1.82, 2.24) is 4.98 Å². The maximum Gasteiger partial charge on any atom is 0.335 e. The number of carboxylic acids is 1. The minimum Gasteiger partial charge on any atom is -0.505 e. The molecule has 5 rings (SSSR count). The quantitative estimate of drug-likeness (QED) is 0.301. The van der Waals surface area contributed by atoms with Crippen LogP contribution >= 0.6 is 0 Å². The number of nitrogens with zero attached hydrogens (tertiary/aromatic N) is 3. The van der Waals surface area contributed by atoms with Crippen molar-refractivity contribution >= 4 is 34.8 Å². The maximum atomic E-state index is 13.3. The number of pyridine rings is 1. The molecule has 34 heavy (non-hydrogen) atoms.